The van der Waals surface area contributed by atoms with Gasteiger partial charge in [0.15, 0.2) is 11.5 Å². The van der Waals surface area contributed by atoms with E-state index in [2.05, 4.69) is 0 Å². The van der Waals surface area contributed by atoms with Crippen LogP contribution in [0.4, 0.5) is 5.69 Å². The van der Waals surface area contributed by atoms with Crippen LogP contribution in [0.2, 0.25) is 0 Å². The highest BCUT2D eigenvalue weighted by Gasteiger charge is 2.21. The molecule has 1 heterocycles. The van der Waals surface area contributed by atoms with E-state index in [4.69, 9.17) is 14.2 Å². The molecule has 1 saturated heterocycles. The van der Waals surface area contributed by atoms with Crippen LogP contribution in [0.15, 0.2) is 42.5 Å². The first kappa shape index (κ1) is 17.8. The minimum absolute atomic E-state index is 0.118. The number of carbonyl (C=O) groups excluding carboxylic acids is 2. The average Bonchev–Trinajstić information content (AvgIpc) is 3.08. The van der Waals surface area contributed by atoms with Crippen LogP contribution in [0.5, 0.6) is 17.2 Å². The number of benzene rings is 2. The van der Waals surface area contributed by atoms with Crippen molar-refractivity contribution >= 4 is 17.6 Å². The summed E-state index contributed by atoms with van der Waals surface area (Å²) < 4.78 is 15.8. The third kappa shape index (κ3) is 3.96. The molecule has 0 N–H and O–H groups in total. The van der Waals surface area contributed by atoms with Crippen LogP contribution in [0.1, 0.15) is 18.4 Å². The zero-order valence-electron chi connectivity index (χ0n) is 14.9. The summed E-state index contributed by atoms with van der Waals surface area (Å²) in [6, 6.07) is 12.3. The van der Waals surface area contributed by atoms with Crippen molar-refractivity contribution in [2.45, 2.75) is 19.3 Å². The molecule has 2 aromatic carbocycles. The number of anilines is 1. The summed E-state index contributed by atoms with van der Waals surface area (Å²) in [5.74, 6) is 1.38. The van der Waals surface area contributed by atoms with Gasteiger partial charge in [0.05, 0.1) is 20.6 Å². The molecule has 0 bridgehead atoms. The Bertz CT molecular complexity index is 800. The number of amides is 1. The van der Waals surface area contributed by atoms with E-state index in [0.717, 1.165) is 24.2 Å². The molecule has 0 aromatic heterocycles. The van der Waals surface area contributed by atoms with Gasteiger partial charge in [0.2, 0.25) is 5.91 Å². The van der Waals surface area contributed by atoms with E-state index in [9.17, 15) is 9.59 Å². The molecule has 136 valence electrons. The van der Waals surface area contributed by atoms with Crippen molar-refractivity contribution in [3.05, 3.63) is 48.0 Å². The van der Waals surface area contributed by atoms with Gasteiger partial charge in [-0.3, -0.25) is 9.59 Å². The van der Waals surface area contributed by atoms with Crippen molar-refractivity contribution in [2.24, 2.45) is 0 Å². The maximum Gasteiger partial charge on any atom is 0.315 e. The van der Waals surface area contributed by atoms with Gasteiger partial charge in [-0.15, -0.1) is 0 Å². The van der Waals surface area contributed by atoms with Crippen molar-refractivity contribution < 1.29 is 23.8 Å². The molecule has 0 atom stereocenters. The molecule has 1 aliphatic rings. The SMILES string of the molecule is COc1ccc(CC(=O)Oc2ccc(N3CCCC3=O)cc2)cc1OC. The molecule has 0 saturated carbocycles. The maximum atomic E-state index is 12.2. The molecule has 0 aliphatic carbocycles. The van der Waals surface area contributed by atoms with E-state index in [-0.39, 0.29) is 18.3 Å². The molecule has 1 fully saturated rings. The monoisotopic (exact) mass is 355 g/mol. The maximum absolute atomic E-state index is 12.2. The summed E-state index contributed by atoms with van der Waals surface area (Å²) in [5.41, 5.74) is 1.60. The number of hydrogen-bond acceptors (Lipinski definition) is 5. The summed E-state index contributed by atoms with van der Waals surface area (Å²) in [7, 11) is 3.11. The van der Waals surface area contributed by atoms with E-state index in [1.54, 1.807) is 61.6 Å². The Hall–Kier alpha value is -3.02. The molecule has 1 amide bonds. The number of ether oxygens (including phenoxy) is 3. The lowest BCUT2D eigenvalue weighted by Crippen LogP contribution is -2.23. The Labute approximate surface area is 152 Å². The molecular weight excluding hydrogens is 334 g/mol. The fourth-order valence-corrected chi connectivity index (χ4v) is 2.94. The molecule has 0 unspecified atom stereocenters. The van der Waals surface area contributed by atoms with Crippen molar-refractivity contribution in [1.29, 1.82) is 0 Å². The summed E-state index contributed by atoms with van der Waals surface area (Å²) in [6.45, 7) is 0.733. The van der Waals surface area contributed by atoms with Crippen LogP contribution in [-0.2, 0) is 16.0 Å². The number of esters is 1. The summed E-state index contributed by atoms with van der Waals surface area (Å²) in [6.07, 6.45) is 1.58. The quantitative estimate of drug-likeness (QED) is 0.589. The Kier molecular flexibility index (Phi) is 5.41. The smallest absolute Gasteiger partial charge is 0.315 e. The fourth-order valence-electron chi connectivity index (χ4n) is 2.94. The number of nitrogens with zero attached hydrogens (tertiary/aromatic N) is 1. The Balaban J connectivity index is 1.62. The van der Waals surface area contributed by atoms with Gasteiger partial charge in [-0.05, 0) is 48.4 Å². The largest absolute Gasteiger partial charge is 0.493 e. The second-order valence-electron chi connectivity index (χ2n) is 5.98. The number of hydrogen-bond donors (Lipinski definition) is 0. The lowest BCUT2D eigenvalue weighted by atomic mass is 10.1. The van der Waals surface area contributed by atoms with Gasteiger partial charge >= 0.3 is 5.97 Å². The van der Waals surface area contributed by atoms with E-state index in [1.807, 2.05) is 0 Å². The normalized spacial score (nSPS) is 13.6. The molecule has 2 aromatic rings. The molecule has 6 heteroatoms. The summed E-state index contributed by atoms with van der Waals surface area (Å²) in [4.78, 5) is 25.7. The average molecular weight is 355 g/mol. The topological polar surface area (TPSA) is 65.1 Å². The number of methoxy groups -OCH3 is 2. The third-order valence-corrected chi connectivity index (χ3v) is 4.25. The van der Waals surface area contributed by atoms with Gasteiger partial charge in [-0.2, -0.15) is 0 Å². The molecular formula is C20H21NO5. The lowest BCUT2D eigenvalue weighted by molar-refractivity contribution is -0.133. The summed E-state index contributed by atoms with van der Waals surface area (Å²) >= 11 is 0. The molecule has 26 heavy (non-hydrogen) atoms. The van der Waals surface area contributed by atoms with Crippen molar-refractivity contribution in [3.63, 3.8) is 0 Å². The lowest BCUT2D eigenvalue weighted by Gasteiger charge is -2.15. The van der Waals surface area contributed by atoms with Crippen LogP contribution >= 0.6 is 0 Å². The fraction of sp³-hybridized carbons (Fsp3) is 0.300. The highest BCUT2D eigenvalue weighted by molar-refractivity contribution is 5.95. The third-order valence-electron chi connectivity index (χ3n) is 4.25. The van der Waals surface area contributed by atoms with E-state index in [0.29, 0.717) is 23.7 Å². The van der Waals surface area contributed by atoms with E-state index < -0.39 is 0 Å². The predicted molar refractivity (Wildman–Crippen MR) is 96.9 cm³/mol. The second kappa shape index (κ2) is 7.91. The predicted octanol–water partition coefficient (Wildman–Crippen LogP) is 2.98. The van der Waals surface area contributed by atoms with Gasteiger partial charge < -0.3 is 19.1 Å². The van der Waals surface area contributed by atoms with Gasteiger partial charge in [0.1, 0.15) is 5.75 Å². The van der Waals surface area contributed by atoms with Crippen molar-refractivity contribution in [3.8, 4) is 17.2 Å². The van der Waals surface area contributed by atoms with Gasteiger partial charge in [-0.1, -0.05) is 6.07 Å². The van der Waals surface area contributed by atoms with Crippen molar-refractivity contribution in [2.75, 3.05) is 25.7 Å². The number of rotatable bonds is 6. The zero-order chi connectivity index (χ0) is 18.5. The second-order valence-corrected chi connectivity index (χ2v) is 5.98. The first-order chi connectivity index (χ1) is 12.6. The van der Waals surface area contributed by atoms with Gasteiger partial charge in [-0.25, -0.2) is 0 Å². The molecule has 6 nitrogen and oxygen atoms in total. The van der Waals surface area contributed by atoms with Crippen LogP contribution < -0.4 is 19.1 Å². The zero-order valence-corrected chi connectivity index (χ0v) is 14.9. The Morgan fingerprint density at radius 3 is 2.38 bits per heavy atom. The van der Waals surface area contributed by atoms with Crippen LogP contribution in [0.25, 0.3) is 0 Å². The van der Waals surface area contributed by atoms with Crippen LogP contribution in [0, 0.1) is 0 Å². The minimum atomic E-state index is -0.373. The standard InChI is InChI=1S/C20H21NO5/c1-24-17-10-5-14(12-18(17)25-2)13-20(23)26-16-8-6-15(7-9-16)21-11-3-4-19(21)22/h5-10,12H,3-4,11,13H2,1-2H3. The summed E-state index contributed by atoms with van der Waals surface area (Å²) in [5, 5.41) is 0. The van der Waals surface area contributed by atoms with Gasteiger partial charge in [0.25, 0.3) is 0 Å². The molecule has 1 aliphatic heterocycles. The van der Waals surface area contributed by atoms with Crippen molar-refractivity contribution in [1.82, 2.24) is 0 Å². The van der Waals surface area contributed by atoms with Crippen LogP contribution in [-0.4, -0.2) is 32.6 Å². The molecule has 0 spiro atoms. The van der Waals surface area contributed by atoms with E-state index >= 15 is 0 Å². The highest BCUT2D eigenvalue weighted by atomic mass is 16.5. The molecule has 3 rings (SSSR count). The molecule has 0 radical (unpaired) electrons. The number of carbonyl (C=O) groups is 2. The van der Waals surface area contributed by atoms with Gasteiger partial charge in [0, 0.05) is 18.7 Å². The van der Waals surface area contributed by atoms with E-state index in [1.165, 1.54) is 0 Å². The Morgan fingerprint density at radius 2 is 1.77 bits per heavy atom. The highest BCUT2D eigenvalue weighted by Crippen LogP contribution is 2.28. The first-order valence-corrected chi connectivity index (χ1v) is 8.42. The Morgan fingerprint density at radius 1 is 1.04 bits per heavy atom. The minimum Gasteiger partial charge on any atom is -0.493 e. The first-order valence-electron chi connectivity index (χ1n) is 8.42. The van der Waals surface area contributed by atoms with Crippen LogP contribution in [0.3, 0.4) is 0 Å².